The van der Waals surface area contributed by atoms with Crippen molar-refractivity contribution in [2.75, 3.05) is 6.54 Å². The van der Waals surface area contributed by atoms with Gasteiger partial charge in [-0.15, -0.1) is 0 Å². The molecule has 1 aromatic carbocycles. The Morgan fingerprint density at radius 1 is 1.24 bits per heavy atom. The lowest BCUT2D eigenvalue weighted by Crippen LogP contribution is -2.37. The van der Waals surface area contributed by atoms with E-state index in [1.54, 1.807) is 0 Å². The largest absolute Gasteiger partial charge is 0.314 e. The minimum Gasteiger partial charge on any atom is -0.314 e. The summed E-state index contributed by atoms with van der Waals surface area (Å²) in [4.78, 5) is 0. The predicted octanol–water partition coefficient (Wildman–Crippen LogP) is 3.46. The molecule has 0 aliphatic heterocycles. The van der Waals surface area contributed by atoms with Gasteiger partial charge in [0.05, 0.1) is 0 Å². The van der Waals surface area contributed by atoms with E-state index in [-0.39, 0.29) is 11.5 Å². The summed E-state index contributed by atoms with van der Waals surface area (Å²) >= 11 is 0. The van der Waals surface area contributed by atoms with Crippen molar-refractivity contribution in [1.29, 1.82) is 0 Å². The van der Waals surface area contributed by atoms with Crippen LogP contribution in [0.1, 0.15) is 38.2 Å². The first-order valence-electron chi connectivity index (χ1n) is 6.27. The lowest BCUT2D eigenvalue weighted by atomic mass is 9.69. The van der Waals surface area contributed by atoms with Crippen molar-refractivity contribution in [3.05, 3.63) is 35.4 Å². The normalized spacial score (nSPS) is 23.8. The summed E-state index contributed by atoms with van der Waals surface area (Å²) in [6, 6.07) is 4.54. The second kappa shape index (κ2) is 5.13. The highest BCUT2D eigenvalue weighted by Crippen LogP contribution is 2.43. The second-order valence-electron chi connectivity index (χ2n) is 5.14. The molecule has 3 heteroatoms. The predicted molar refractivity (Wildman–Crippen MR) is 65.0 cm³/mol. The maximum Gasteiger partial charge on any atom is 0.129 e. The second-order valence-corrected chi connectivity index (χ2v) is 5.14. The van der Waals surface area contributed by atoms with Crippen LogP contribution in [-0.2, 0) is 0 Å². The van der Waals surface area contributed by atoms with Crippen LogP contribution in [0.3, 0.4) is 0 Å². The van der Waals surface area contributed by atoms with Crippen molar-refractivity contribution in [3.63, 3.8) is 0 Å². The first-order valence-corrected chi connectivity index (χ1v) is 6.27. The van der Waals surface area contributed by atoms with Crippen molar-refractivity contribution in [2.24, 2.45) is 5.92 Å². The molecule has 1 nitrogen and oxygen atoms in total. The van der Waals surface area contributed by atoms with Crippen LogP contribution in [0, 0.1) is 17.6 Å². The molecule has 1 saturated carbocycles. The third-order valence-electron chi connectivity index (χ3n) is 3.58. The Hall–Kier alpha value is -0.960. The van der Waals surface area contributed by atoms with Gasteiger partial charge in [0.2, 0.25) is 0 Å². The van der Waals surface area contributed by atoms with Crippen LogP contribution in [0.2, 0.25) is 0 Å². The summed E-state index contributed by atoms with van der Waals surface area (Å²) in [7, 11) is 0. The summed E-state index contributed by atoms with van der Waals surface area (Å²) in [5, 5.41) is 3.34. The SMILES string of the molecule is CC(C)NCC1CCC1c1c(F)cccc1F. The minimum absolute atomic E-state index is 0.0439. The van der Waals surface area contributed by atoms with Gasteiger partial charge in [-0.1, -0.05) is 19.9 Å². The number of rotatable bonds is 4. The van der Waals surface area contributed by atoms with Gasteiger partial charge >= 0.3 is 0 Å². The van der Waals surface area contributed by atoms with Crippen LogP contribution in [0.15, 0.2) is 18.2 Å². The molecule has 1 aliphatic rings. The highest BCUT2D eigenvalue weighted by Gasteiger charge is 2.35. The van der Waals surface area contributed by atoms with E-state index in [9.17, 15) is 8.78 Å². The summed E-state index contributed by atoms with van der Waals surface area (Å²) in [6.45, 7) is 5.00. The molecule has 1 aliphatic carbocycles. The molecule has 1 N–H and O–H groups in total. The number of benzene rings is 1. The van der Waals surface area contributed by atoms with E-state index in [1.807, 2.05) is 0 Å². The van der Waals surface area contributed by atoms with E-state index in [0.717, 1.165) is 19.4 Å². The minimum atomic E-state index is -0.399. The lowest BCUT2D eigenvalue weighted by molar-refractivity contribution is 0.230. The van der Waals surface area contributed by atoms with E-state index < -0.39 is 11.6 Å². The smallest absolute Gasteiger partial charge is 0.129 e. The van der Waals surface area contributed by atoms with E-state index in [0.29, 0.717) is 12.0 Å². The molecule has 0 spiro atoms. The van der Waals surface area contributed by atoms with E-state index >= 15 is 0 Å². The molecule has 2 atom stereocenters. The van der Waals surface area contributed by atoms with Gasteiger partial charge in [-0.05, 0) is 43.4 Å². The fourth-order valence-electron chi connectivity index (χ4n) is 2.45. The maximum absolute atomic E-state index is 13.6. The first-order chi connectivity index (χ1) is 8.09. The molecule has 2 unspecified atom stereocenters. The zero-order chi connectivity index (χ0) is 12.4. The molecule has 0 bridgehead atoms. The molecular weight excluding hydrogens is 220 g/mol. The lowest BCUT2D eigenvalue weighted by Gasteiger charge is -2.38. The monoisotopic (exact) mass is 239 g/mol. The Morgan fingerprint density at radius 2 is 1.88 bits per heavy atom. The zero-order valence-electron chi connectivity index (χ0n) is 10.3. The van der Waals surface area contributed by atoms with Gasteiger partial charge in [-0.3, -0.25) is 0 Å². The number of hydrogen-bond donors (Lipinski definition) is 1. The fourth-order valence-corrected chi connectivity index (χ4v) is 2.45. The molecule has 94 valence electrons. The molecule has 1 aromatic rings. The third kappa shape index (κ3) is 2.65. The van der Waals surface area contributed by atoms with Gasteiger partial charge < -0.3 is 5.32 Å². The van der Waals surface area contributed by atoms with E-state index in [4.69, 9.17) is 0 Å². The Balaban J connectivity index is 2.07. The van der Waals surface area contributed by atoms with Crippen LogP contribution in [0.25, 0.3) is 0 Å². The first kappa shape index (κ1) is 12.5. The van der Waals surface area contributed by atoms with Crippen LogP contribution in [0.4, 0.5) is 8.78 Å². The summed E-state index contributed by atoms with van der Waals surface area (Å²) < 4.78 is 27.3. The summed E-state index contributed by atoms with van der Waals surface area (Å²) in [6.07, 6.45) is 1.94. The summed E-state index contributed by atoms with van der Waals surface area (Å²) in [5.41, 5.74) is 0.286. The van der Waals surface area contributed by atoms with Crippen LogP contribution in [0.5, 0.6) is 0 Å². The molecule has 1 fully saturated rings. The highest BCUT2D eigenvalue weighted by molar-refractivity contribution is 5.26. The Bertz CT molecular complexity index is 370. The van der Waals surface area contributed by atoms with Crippen LogP contribution < -0.4 is 5.32 Å². The fraction of sp³-hybridized carbons (Fsp3) is 0.571. The van der Waals surface area contributed by atoms with Crippen molar-refractivity contribution in [3.8, 4) is 0 Å². The Labute approximate surface area is 101 Å². The van der Waals surface area contributed by atoms with Crippen LogP contribution in [-0.4, -0.2) is 12.6 Å². The van der Waals surface area contributed by atoms with Gasteiger partial charge in [-0.2, -0.15) is 0 Å². The average molecular weight is 239 g/mol. The zero-order valence-corrected chi connectivity index (χ0v) is 10.3. The number of nitrogens with one attached hydrogen (secondary N) is 1. The number of hydrogen-bond acceptors (Lipinski definition) is 1. The van der Waals surface area contributed by atoms with Gasteiger partial charge in [0.1, 0.15) is 11.6 Å². The molecule has 0 aromatic heterocycles. The van der Waals surface area contributed by atoms with Gasteiger partial charge in [0, 0.05) is 11.6 Å². The summed E-state index contributed by atoms with van der Waals surface area (Å²) in [5.74, 6) is -0.389. The Kier molecular flexibility index (Phi) is 3.77. The molecule has 17 heavy (non-hydrogen) atoms. The Morgan fingerprint density at radius 3 is 2.35 bits per heavy atom. The van der Waals surface area contributed by atoms with Crippen molar-refractivity contribution >= 4 is 0 Å². The average Bonchev–Trinajstić information content (AvgIpc) is 2.21. The molecule has 0 heterocycles. The van der Waals surface area contributed by atoms with Crippen molar-refractivity contribution in [2.45, 2.75) is 38.6 Å². The standard InChI is InChI=1S/C14H19F2N/c1-9(2)17-8-10-6-7-11(10)14-12(15)4-3-5-13(14)16/h3-5,9-11,17H,6-8H2,1-2H3. The van der Waals surface area contributed by atoms with Gasteiger partial charge in [0.25, 0.3) is 0 Å². The van der Waals surface area contributed by atoms with E-state index in [1.165, 1.54) is 18.2 Å². The van der Waals surface area contributed by atoms with Crippen molar-refractivity contribution < 1.29 is 8.78 Å². The molecule has 0 saturated heterocycles. The molecule has 0 radical (unpaired) electrons. The molecule has 0 amide bonds. The molecule has 2 rings (SSSR count). The highest BCUT2D eigenvalue weighted by atomic mass is 19.1. The molecular formula is C14H19F2N. The quantitative estimate of drug-likeness (QED) is 0.848. The van der Waals surface area contributed by atoms with Crippen LogP contribution >= 0.6 is 0 Å². The number of halogens is 2. The maximum atomic E-state index is 13.6. The topological polar surface area (TPSA) is 12.0 Å². The van der Waals surface area contributed by atoms with Gasteiger partial charge in [-0.25, -0.2) is 8.78 Å². The van der Waals surface area contributed by atoms with E-state index in [2.05, 4.69) is 19.2 Å². The van der Waals surface area contributed by atoms with Gasteiger partial charge in [0.15, 0.2) is 0 Å². The van der Waals surface area contributed by atoms with Crippen molar-refractivity contribution in [1.82, 2.24) is 5.32 Å². The third-order valence-corrected chi connectivity index (χ3v) is 3.58.